The van der Waals surface area contributed by atoms with Crippen LogP contribution in [0.15, 0.2) is 0 Å². The Hall–Kier alpha value is -1.30. The first kappa shape index (κ1) is 14.6. The molecule has 0 bridgehead atoms. The number of hydrogen-bond acceptors (Lipinski definition) is 4. The summed E-state index contributed by atoms with van der Waals surface area (Å²) in [4.78, 5) is 29.3. The first-order valence-corrected chi connectivity index (χ1v) is 7.73. The zero-order chi connectivity index (χ0) is 15.4. The number of rotatable bonds is 3. The van der Waals surface area contributed by atoms with Gasteiger partial charge >= 0.3 is 6.09 Å². The summed E-state index contributed by atoms with van der Waals surface area (Å²) >= 11 is 0. The predicted octanol–water partition coefficient (Wildman–Crippen LogP) is 2.35. The highest BCUT2D eigenvalue weighted by atomic mass is 16.7. The molecule has 0 spiro atoms. The monoisotopic (exact) mass is 296 g/mol. The van der Waals surface area contributed by atoms with Crippen LogP contribution in [0.5, 0.6) is 0 Å². The maximum absolute atomic E-state index is 12.2. The zero-order valence-electron chi connectivity index (χ0n) is 13.2. The number of hydrogen-bond donors (Lipinski definition) is 0. The molecule has 2 saturated carbocycles. The Morgan fingerprint density at radius 1 is 1.29 bits per heavy atom. The van der Waals surface area contributed by atoms with Crippen molar-refractivity contribution >= 4 is 12.0 Å². The Labute approximate surface area is 125 Å². The Morgan fingerprint density at radius 3 is 2.43 bits per heavy atom. The molecule has 118 valence electrons. The van der Waals surface area contributed by atoms with Crippen molar-refractivity contribution in [2.45, 2.75) is 58.1 Å². The van der Waals surface area contributed by atoms with Crippen LogP contribution in [0, 0.1) is 17.8 Å². The Morgan fingerprint density at radius 2 is 1.90 bits per heavy atom. The summed E-state index contributed by atoms with van der Waals surface area (Å²) in [7, 11) is 1.39. The van der Waals surface area contributed by atoms with Gasteiger partial charge < -0.3 is 4.74 Å². The lowest BCUT2D eigenvalue weighted by molar-refractivity contribution is -0.298. The molecule has 2 amide bonds. The third-order valence-corrected chi connectivity index (χ3v) is 4.80. The number of amides is 2. The van der Waals surface area contributed by atoms with Crippen LogP contribution in [-0.2, 0) is 14.4 Å². The molecule has 2 aliphatic carbocycles. The van der Waals surface area contributed by atoms with Crippen molar-refractivity contribution in [3.05, 3.63) is 0 Å². The van der Waals surface area contributed by atoms with Crippen LogP contribution in [0.1, 0.15) is 46.5 Å². The third-order valence-electron chi connectivity index (χ3n) is 4.80. The summed E-state index contributed by atoms with van der Waals surface area (Å²) in [6, 6.07) is -0.421. The lowest BCUT2D eigenvalue weighted by atomic mass is 10.0. The van der Waals surface area contributed by atoms with Gasteiger partial charge in [0.05, 0.1) is 7.11 Å². The predicted molar refractivity (Wildman–Crippen MR) is 74.7 cm³/mol. The van der Waals surface area contributed by atoms with Gasteiger partial charge in [0.1, 0.15) is 11.6 Å². The molecule has 4 atom stereocenters. The first-order valence-electron chi connectivity index (χ1n) is 7.73. The van der Waals surface area contributed by atoms with E-state index in [2.05, 4.69) is 0 Å². The maximum atomic E-state index is 12.2. The number of hydrazine groups is 1. The van der Waals surface area contributed by atoms with Crippen molar-refractivity contribution in [1.82, 2.24) is 10.2 Å². The Bertz CT molecular complexity index is 449. The van der Waals surface area contributed by atoms with Gasteiger partial charge in [0, 0.05) is 0 Å². The van der Waals surface area contributed by atoms with Crippen LogP contribution < -0.4 is 0 Å². The number of hydroxylamine groups is 1. The molecule has 1 saturated heterocycles. The van der Waals surface area contributed by atoms with Crippen LogP contribution in [0.2, 0.25) is 0 Å². The second-order valence-electron chi connectivity index (χ2n) is 7.29. The van der Waals surface area contributed by atoms with E-state index in [1.54, 1.807) is 0 Å². The van der Waals surface area contributed by atoms with Gasteiger partial charge in [-0.05, 0) is 57.8 Å². The number of carbonyl (C=O) groups is 2. The van der Waals surface area contributed by atoms with Crippen LogP contribution in [0.4, 0.5) is 4.79 Å². The van der Waals surface area contributed by atoms with Gasteiger partial charge in [-0.2, -0.15) is 5.01 Å². The molecule has 3 aliphatic rings. The normalized spacial score (nSPS) is 34.6. The van der Waals surface area contributed by atoms with E-state index in [0.29, 0.717) is 5.92 Å². The third kappa shape index (κ3) is 2.50. The van der Waals surface area contributed by atoms with E-state index in [4.69, 9.17) is 9.57 Å². The minimum absolute atomic E-state index is 0.145. The number of carbonyl (C=O) groups excluding carboxylic acids is 2. The summed E-state index contributed by atoms with van der Waals surface area (Å²) in [5, 5.41) is 2.33. The minimum atomic E-state index is -0.588. The van der Waals surface area contributed by atoms with Gasteiger partial charge in [-0.1, -0.05) is 6.42 Å². The van der Waals surface area contributed by atoms with Crippen LogP contribution >= 0.6 is 0 Å². The molecule has 21 heavy (non-hydrogen) atoms. The van der Waals surface area contributed by atoms with Gasteiger partial charge in [0.25, 0.3) is 5.91 Å². The largest absolute Gasteiger partial charge is 0.442 e. The van der Waals surface area contributed by atoms with Crippen LogP contribution in [0.25, 0.3) is 0 Å². The average molecular weight is 296 g/mol. The highest BCUT2D eigenvalue weighted by Gasteiger charge is 2.59. The van der Waals surface area contributed by atoms with E-state index >= 15 is 0 Å². The topological polar surface area (TPSA) is 59.1 Å². The smallest absolute Gasteiger partial charge is 0.432 e. The van der Waals surface area contributed by atoms with Gasteiger partial charge in [0.15, 0.2) is 0 Å². The van der Waals surface area contributed by atoms with Crippen molar-refractivity contribution in [3.8, 4) is 0 Å². The lowest BCUT2D eigenvalue weighted by Gasteiger charge is -2.46. The molecular formula is C15H24N2O4. The van der Waals surface area contributed by atoms with E-state index in [0.717, 1.165) is 23.4 Å². The summed E-state index contributed by atoms with van der Waals surface area (Å²) < 4.78 is 5.36. The Kier molecular flexibility index (Phi) is 3.39. The average Bonchev–Trinajstić information content (AvgIpc) is 2.81. The molecule has 6 heteroatoms. The summed E-state index contributed by atoms with van der Waals surface area (Å²) in [6.07, 6.45) is 4.09. The van der Waals surface area contributed by atoms with E-state index in [-0.39, 0.29) is 5.91 Å². The van der Waals surface area contributed by atoms with Crippen molar-refractivity contribution in [2.75, 3.05) is 7.11 Å². The van der Waals surface area contributed by atoms with Gasteiger partial charge in [-0.3, -0.25) is 9.63 Å². The second kappa shape index (κ2) is 4.87. The van der Waals surface area contributed by atoms with E-state index in [1.165, 1.54) is 31.4 Å². The fourth-order valence-electron chi connectivity index (χ4n) is 3.87. The van der Waals surface area contributed by atoms with Crippen molar-refractivity contribution < 1.29 is 19.2 Å². The molecule has 0 aromatic heterocycles. The molecule has 0 aromatic carbocycles. The van der Waals surface area contributed by atoms with Gasteiger partial charge in [-0.25, -0.2) is 4.79 Å². The van der Waals surface area contributed by atoms with Crippen LogP contribution in [0.3, 0.4) is 0 Å². The zero-order valence-corrected chi connectivity index (χ0v) is 13.2. The molecule has 0 aromatic rings. The highest BCUT2D eigenvalue weighted by molar-refractivity contribution is 5.92. The van der Waals surface area contributed by atoms with Crippen molar-refractivity contribution in [2.24, 2.45) is 17.8 Å². The minimum Gasteiger partial charge on any atom is -0.442 e. The Balaban J connectivity index is 1.64. The molecule has 1 heterocycles. The number of fused-ring (bicyclic) bond motifs is 1. The fourth-order valence-corrected chi connectivity index (χ4v) is 3.87. The fraction of sp³-hybridized carbons (Fsp3) is 0.867. The van der Waals surface area contributed by atoms with Crippen molar-refractivity contribution in [1.29, 1.82) is 0 Å². The molecular weight excluding hydrogens is 272 g/mol. The lowest BCUT2D eigenvalue weighted by Crippen LogP contribution is -2.70. The number of ether oxygens (including phenoxy) is 1. The van der Waals surface area contributed by atoms with E-state index in [1.807, 2.05) is 20.8 Å². The van der Waals surface area contributed by atoms with Crippen molar-refractivity contribution in [3.63, 3.8) is 0 Å². The second-order valence-corrected chi connectivity index (χ2v) is 7.29. The molecule has 3 rings (SSSR count). The van der Waals surface area contributed by atoms with E-state index < -0.39 is 17.7 Å². The summed E-state index contributed by atoms with van der Waals surface area (Å²) in [5.74, 6) is 2.00. The van der Waals surface area contributed by atoms with Gasteiger partial charge in [-0.15, -0.1) is 5.17 Å². The highest BCUT2D eigenvalue weighted by Crippen LogP contribution is 2.60. The summed E-state index contributed by atoms with van der Waals surface area (Å²) in [6.45, 7) is 5.43. The maximum Gasteiger partial charge on any atom is 0.432 e. The molecule has 3 fully saturated rings. The standard InChI is InChI=1S/C15H24N2O4/c1-15(2,3)21-14(19)16-12(13(18)17(16)20-4)8-11-9-6-5-7-10(9)11/h9-12H,5-8H2,1-4H3/t9-,10+,11-,12-/m0/s1. The molecule has 6 nitrogen and oxygen atoms in total. The van der Waals surface area contributed by atoms with E-state index in [9.17, 15) is 9.59 Å². The number of nitrogens with zero attached hydrogens (tertiary/aromatic N) is 2. The molecule has 1 aliphatic heterocycles. The molecule has 0 unspecified atom stereocenters. The van der Waals surface area contributed by atoms with Crippen LogP contribution in [-0.4, -0.2) is 40.9 Å². The summed E-state index contributed by atoms with van der Waals surface area (Å²) in [5.41, 5.74) is -0.588. The first-order chi connectivity index (χ1) is 9.83. The molecule has 0 radical (unpaired) electrons. The quantitative estimate of drug-likeness (QED) is 0.802. The SMILES string of the molecule is CON1C(=O)[C@H](C[C@@H]2[C@@H]3CCC[C@@H]32)N1C(=O)OC(C)(C)C. The molecule has 0 N–H and O–H groups in total. The van der Waals surface area contributed by atoms with Gasteiger partial charge in [0.2, 0.25) is 0 Å².